The molecular formula is C8H7F2NO2. The summed E-state index contributed by atoms with van der Waals surface area (Å²) in [6.07, 6.45) is -1.41. The number of pyridine rings is 1. The van der Waals surface area contributed by atoms with Crippen molar-refractivity contribution in [2.45, 2.75) is 13.3 Å². The molecule has 0 saturated carbocycles. The van der Waals surface area contributed by atoms with Crippen molar-refractivity contribution < 1.29 is 18.7 Å². The molecule has 70 valence electrons. The molecule has 1 aromatic rings. The first-order chi connectivity index (χ1) is 6.07. The Hall–Kier alpha value is -1.52. The number of aldehydes is 1. The number of hydrogen-bond donors (Lipinski definition) is 1. The van der Waals surface area contributed by atoms with Gasteiger partial charge in [0.15, 0.2) is 12.0 Å². The van der Waals surface area contributed by atoms with Gasteiger partial charge >= 0.3 is 0 Å². The Bertz CT molecular complexity index is 339. The van der Waals surface area contributed by atoms with Gasteiger partial charge in [0.1, 0.15) is 5.69 Å². The van der Waals surface area contributed by atoms with Crippen LogP contribution in [0.2, 0.25) is 0 Å². The first-order valence-electron chi connectivity index (χ1n) is 3.49. The number of aryl methyl sites for hydroxylation is 1. The number of rotatable bonds is 2. The van der Waals surface area contributed by atoms with Crippen LogP contribution in [0.4, 0.5) is 8.78 Å². The summed E-state index contributed by atoms with van der Waals surface area (Å²) in [5.74, 6) is -0.731. The lowest BCUT2D eigenvalue weighted by Crippen LogP contribution is -1.97. The molecule has 1 heterocycles. The van der Waals surface area contributed by atoms with E-state index >= 15 is 0 Å². The number of hydrogen-bond acceptors (Lipinski definition) is 3. The largest absolute Gasteiger partial charge is 0.505 e. The molecule has 0 unspecified atom stereocenters. The highest BCUT2D eigenvalue weighted by Gasteiger charge is 2.18. The third-order valence-corrected chi connectivity index (χ3v) is 1.64. The van der Waals surface area contributed by atoms with Crippen LogP contribution in [0.3, 0.4) is 0 Å². The predicted octanol–water partition coefficient (Wildman–Crippen LogP) is 1.85. The van der Waals surface area contributed by atoms with E-state index in [4.69, 9.17) is 5.11 Å². The van der Waals surface area contributed by atoms with Crippen molar-refractivity contribution in [3.05, 3.63) is 23.0 Å². The predicted molar refractivity (Wildman–Crippen MR) is 41.0 cm³/mol. The average Bonchev–Trinajstić information content (AvgIpc) is 2.04. The molecule has 0 bridgehead atoms. The Balaban J connectivity index is 3.35. The zero-order valence-electron chi connectivity index (χ0n) is 6.79. The summed E-state index contributed by atoms with van der Waals surface area (Å²) in [4.78, 5) is 13.7. The van der Waals surface area contributed by atoms with Crippen LogP contribution in [0.1, 0.15) is 28.0 Å². The molecule has 0 spiro atoms. The number of halogens is 2. The van der Waals surface area contributed by atoms with Crippen LogP contribution in [-0.2, 0) is 0 Å². The molecule has 0 fully saturated rings. The fraction of sp³-hybridized carbons (Fsp3) is 0.250. The Kier molecular flexibility index (Phi) is 2.55. The summed E-state index contributed by atoms with van der Waals surface area (Å²) in [7, 11) is 0. The molecule has 0 radical (unpaired) electrons. The molecular weight excluding hydrogens is 180 g/mol. The summed E-state index contributed by atoms with van der Waals surface area (Å²) >= 11 is 0. The molecule has 0 aliphatic heterocycles. The molecule has 1 rings (SSSR count). The van der Waals surface area contributed by atoms with Crippen molar-refractivity contribution in [2.75, 3.05) is 0 Å². The number of aromatic nitrogens is 1. The van der Waals surface area contributed by atoms with Gasteiger partial charge in [-0.1, -0.05) is 0 Å². The highest BCUT2D eigenvalue weighted by atomic mass is 19.3. The molecule has 13 heavy (non-hydrogen) atoms. The lowest BCUT2D eigenvalue weighted by molar-refractivity contribution is 0.111. The molecule has 0 amide bonds. The van der Waals surface area contributed by atoms with Crippen molar-refractivity contribution in [1.82, 2.24) is 4.98 Å². The monoisotopic (exact) mass is 187 g/mol. The third kappa shape index (κ3) is 1.63. The Morgan fingerprint density at radius 2 is 2.23 bits per heavy atom. The maximum absolute atomic E-state index is 12.1. The van der Waals surface area contributed by atoms with Crippen LogP contribution < -0.4 is 0 Å². The van der Waals surface area contributed by atoms with Gasteiger partial charge in [-0.15, -0.1) is 0 Å². The second-order valence-corrected chi connectivity index (χ2v) is 2.51. The van der Waals surface area contributed by atoms with E-state index in [0.29, 0.717) is 11.8 Å². The van der Waals surface area contributed by atoms with Crippen LogP contribution in [0.25, 0.3) is 0 Å². The van der Waals surface area contributed by atoms with Crippen molar-refractivity contribution in [3.8, 4) is 5.75 Å². The van der Waals surface area contributed by atoms with Crippen LogP contribution in [0, 0.1) is 6.92 Å². The molecule has 0 aromatic carbocycles. The fourth-order valence-electron chi connectivity index (χ4n) is 0.930. The van der Waals surface area contributed by atoms with Gasteiger partial charge < -0.3 is 5.11 Å². The quantitative estimate of drug-likeness (QED) is 0.718. The van der Waals surface area contributed by atoms with Crippen molar-refractivity contribution in [3.63, 3.8) is 0 Å². The SMILES string of the molecule is Cc1cnc(C(F)F)c(O)c1C=O. The molecule has 0 aliphatic rings. The third-order valence-electron chi connectivity index (χ3n) is 1.64. The first-order valence-corrected chi connectivity index (χ1v) is 3.49. The zero-order valence-corrected chi connectivity index (χ0v) is 6.79. The molecule has 0 atom stereocenters. The van der Waals surface area contributed by atoms with E-state index in [-0.39, 0.29) is 5.56 Å². The lowest BCUT2D eigenvalue weighted by Gasteiger charge is -2.05. The van der Waals surface area contributed by atoms with E-state index < -0.39 is 17.9 Å². The van der Waals surface area contributed by atoms with Gasteiger partial charge in [-0.05, 0) is 12.5 Å². The number of alkyl halides is 2. The van der Waals surface area contributed by atoms with Gasteiger partial charge in [0.2, 0.25) is 0 Å². The second-order valence-electron chi connectivity index (χ2n) is 2.51. The zero-order chi connectivity index (χ0) is 10.0. The van der Waals surface area contributed by atoms with E-state index in [1.807, 2.05) is 0 Å². The Morgan fingerprint density at radius 3 is 2.69 bits per heavy atom. The highest BCUT2D eigenvalue weighted by molar-refractivity contribution is 5.81. The average molecular weight is 187 g/mol. The summed E-state index contributed by atoms with van der Waals surface area (Å²) in [5.41, 5.74) is -0.519. The molecule has 0 aliphatic carbocycles. The lowest BCUT2D eigenvalue weighted by atomic mass is 10.1. The first kappa shape index (κ1) is 9.57. The highest BCUT2D eigenvalue weighted by Crippen LogP contribution is 2.29. The fourth-order valence-corrected chi connectivity index (χ4v) is 0.930. The number of carbonyl (C=O) groups is 1. The summed E-state index contributed by atoms with van der Waals surface area (Å²) < 4.78 is 24.3. The molecule has 5 heteroatoms. The van der Waals surface area contributed by atoms with Crippen LogP contribution in [0.5, 0.6) is 5.75 Å². The van der Waals surface area contributed by atoms with E-state index in [1.165, 1.54) is 6.92 Å². The standard InChI is InChI=1S/C8H7F2NO2/c1-4-2-11-6(8(9)10)7(13)5(4)3-12/h2-3,8,13H,1H3. The maximum atomic E-state index is 12.1. The molecule has 0 saturated heterocycles. The van der Waals surface area contributed by atoms with Gasteiger partial charge in [0.25, 0.3) is 6.43 Å². The van der Waals surface area contributed by atoms with Gasteiger partial charge in [-0.25, -0.2) is 8.78 Å². The number of nitrogens with zero attached hydrogens (tertiary/aromatic N) is 1. The second kappa shape index (κ2) is 3.47. The molecule has 3 nitrogen and oxygen atoms in total. The number of aromatic hydroxyl groups is 1. The van der Waals surface area contributed by atoms with Gasteiger partial charge in [0, 0.05) is 6.20 Å². The van der Waals surface area contributed by atoms with Gasteiger partial charge in [-0.2, -0.15) is 0 Å². The minimum absolute atomic E-state index is 0.134. The van der Waals surface area contributed by atoms with E-state index in [9.17, 15) is 13.6 Å². The smallest absolute Gasteiger partial charge is 0.284 e. The summed E-state index contributed by atoms with van der Waals surface area (Å²) in [6.45, 7) is 1.51. The van der Waals surface area contributed by atoms with Crippen molar-refractivity contribution in [2.24, 2.45) is 0 Å². The van der Waals surface area contributed by atoms with E-state index in [2.05, 4.69) is 4.98 Å². The van der Waals surface area contributed by atoms with Crippen LogP contribution >= 0.6 is 0 Å². The minimum atomic E-state index is -2.88. The van der Waals surface area contributed by atoms with Crippen molar-refractivity contribution >= 4 is 6.29 Å². The van der Waals surface area contributed by atoms with Gasteiger partial charge in [-0.3, -0.25) is 9.78 Å². The van der Waals surface area contributed by atoms with Crippen LogP contribution in [0.15, 0.2) is 6.20 Å². The summed E-state index contributed by atoms with van der Waals surface area (Å²) in [5, 5.41) is 9.17. The Labute approximate surface area is 73.0 Å². The topological polar surface area (TPSA) is 50.2 Å². The van der Waals surface area contributed by atoms with E-state index in [1.54, 1.807) is 0 Å². The molecule has 1 aromatic heterocycles. The Morgan fingerprint density at radius 1 is 1.62 bits per heavy atom. The molecule has 1 N–H and O–H groups in total. The van der Waals surface area contributed by atoms with E-state index in [0.717, 1.165) is 6.20 Å². The van der Waals surface area contributed by atoms with Gasteiger partial charge in [0.05, 0.1) is 5.56 Å². The normalized spacial score (nSPS) is 10.5. The van der Waals surface area contributed by atoms with Crippen LogP contribution in [-0.4, -0.2) is 16.4 Å². The maximum Gasteiger partial charge on any atom is 0.284 e. The van der Waals surface area contributed by atoms with Crippen molar-refractivity contribution in [1.29, 1.82) is 0 Å². The minimum Gasteiger partial charge on any atom is -0.505 e. The summed E-state index contributed by atoms with van der Waals surface area (Å²) in [6, 6.07) is 0. The number of carbonyl (C=O) groups excluding carboxylic acids is 1.